The molecule has 3 rings (SSSR count). The molecular formula is C22H24F3N7O5S2. The van der Waals surface area contributed by atoms with Crippen LogP contribution < -0.4 is 26.9 Å². The highest BCUT2D eigenvalue weighted by Gasteiger charge is 2.38. The fraction of sp³-hybridized carbons (Fsp3) is 0.227. The Morgan fingerprint density at radius 1 is 1.15 bits per heavy atom. The lowest BCUT2D eigenvalue weighted by Crippen LogP contribution is -2.37. The predicted octanol–water partition coefficient (Wildman–Crippen LogP) is 1.42. The van der Waals surface area contributed by atoms with Gasteiger partial charge in [0, 0.05) is 35.3 Å². The minimum absolute atomic E-state index is 0.129. The fourth-order valence-electron chi connectivity index (χ4n) is 2.82. The van der Waals surface area contributed by atoms with Crippen LogP contribution in [0.3, 0.4) is 0 Å². The number of hydrogen-bond acceptors (Lipinski definition) is 9. The topological polar surface area (TPSA) is 181 Å². The predicted molar refractivity (Wildman–Crippen MR) is 139 cm³/mol. The first kappa shape index (κ1) is 31.1. The Morgan fingerprint density at radius 2 is 1.77 bits per heavy atom. The molecule has 12 nitrogen and oxygen atoms in total. The summed E-state index contributed by atoms with van der Waals surface area (Å²) >= 11 is 5.12. The number of amides is 1. The highest BCUT2D eigenvalue weighted by atomic mass is 32.8. The number of nitrogens with one attached hydrogen (secondary N) is 3. The van der Waals surface area contributed by atoms with E-state index in [1.54, 1.807) is 56.3 Å². The number of alkyl halides is 3. The first-order valence-electron chi connectivity index (χ1n) is 10.8. The summed E-state index contributed by atoms with van der Waals surface area (Å²) in [4.78, 5) is 45.2. The summed E-state index contributed by atoms with van der Waals surface area (Å²) in [5.74, 6) is -2.85. The molecular weight excluding hydrogens is 563 g/mol. The molecule has 2 heterocycles. The van der Waals surface area contributed by atoms with E-state index in [4.69, 9.17) is 26.8 Å². The Bertz CT molecular complexity index is 1500. The van der Waals surface area contributed by atoms with E-state index in [0.29, 0.717) is 22.1 Å². The number of aryl methyl sites for hydroxylation is 2. The second kappa shape index (κ2) is 13.1. The quantitative estimate of drug-likeness (QED) is 0.242. The standard InChI is InChI=1S/C20H23N7O3S2.C2HF3O2/c1-13-10-23-19(25-26-32(30,31)16-6-4-3-5-7-16)20(29)27(13)12-18(28)22-11-15-8-9-17(21)24-14(15)2;3-2(4,5)1(6)7/h3-10,26H,11-12H2,1-2H3,(H2,21,24)(H,22,28)(H,23,25);(H,6,7). The first-order valence-corrected chi connectivity index (χ1v) is 13.3. The SMILES string of the molecule is Cc1nc(N)ccc1CNC(=O)Cn1c(C)cnc(NNS(=O)(=S)c2ccccc2)c1=O.O=C(O)C(F)(F)F. The van der Waals surface area contributed by atoms with Gasteiger partial charge in [-0.15, -0.1) is 4.83 Å². The summed E-state index contributed by atoms with van der Waals surface area (Å²) in [7, 11) is -3.08. The van der Waals surface area contributed by atoms with Crippen molar-refractivity contribution in [2.45, 2.75) is 38.0 Å². The zero-order valence-corrected chi connectivity index (χ0v) is 22.1. The minimum Gasteiger partial charge on any atom is -0.475 e. The van der Waals surface area contributed by atoms with Crippen LogP contribution in [0.5, 0.6) is 0 Å². The monoisotopic (exact) mass is 587 g/mol. The molecule has 0 aliphatic carbocycles. The van der Waals surface area contributed by atoms with E-state index in [1.807, 2.05) is 0 Å². The van der Waals surface area contributed by atoms with Crippen LogP contribution >= 0.6 is 0 Å². The van der Waals surface area contributed by atoms with Gasteiger partial charge in [0.2, 0.25) is 11.7 Å². The molecule has 17 heteroatoms. The average molecular weight is 588 g/mol. The van der Waals surface area contributed by atoms with E-state index in [2.05, 4.69) is 25.5 Å². The molecule has 0 aliphatic rings. The van der Waals surface area contributed by atoms with Crippen molar-refractivity contribution in [3.63, 3.8) is 0 Å². The van der Waals surface area contributed by atoms with Gasteiger partial charge in [0.05, 0.1) is 4.90 Å². The molecule has 2 aromatic heterocycles. The highest BCUT2D eigenvalue weighted by Crippen LogP contribution is 2.13. The van der Waals surface area contributed by atoms with Gasteiger partial charge < -0.3 is 16.2 Å². The molecule has 0 bridgehead atoms. The van der Waals surface area contributed by atoms with Crippen LogP contribution in [0, 0.1) is 13.8 Å². The number of rotatable bonds is 8. The summed E-state index contributed by atoms with van der Waals surface area (Å²) in [5, 5.41) is 9.89. The van der Waals surface area contributed by atoms with Gasteiger partial charge in [0.1, 0.15) is 21.0 Å². The number of halogens is 3. The number of carboxylic acids is 1. The molecule has 6 N–H and O–H groups in total. The highest BCUT2D eigenvalue weighted by molar-refractivity contribution is 8.31. The number of hydrogen-bond donors (Lipinski definition) is 5. The van der Waals surface area contributed by atoms with E-state index >= 15 is 0 Å². The second-order valence-corrected chi connectivity index (χ2v) is 10.8. The molecule has 0 spiro atoms. The van der Waals surface area contributed by atoms with Crippen molar-refractivity contribution in [1.29, 1.82) is 0 Å². The summed E-state index contributed by atoms with van der Waals surface area (Å²) in [6.45, 7) is 3.49. The number of nitrogens with zero attached hydrogens (tertiary/aromatic N) is 3. The van der Waals surface area contributed by atoms with E-state index in [9.17, 15) is 27.0 Å². The number of anilines is 2. The smallest absolute Gasteiger partial charge is 0.475 e. The lowest BCUT2D eigenvalue weighted by atomic mass is 10.2. The number of carbonyl (C=O) groups excluding carboxylic acids is 1. The number of benzene rings is 1. The largest absolute Gasteiger partial charge is 0.490 e. The van der Waals surface area contributed by atoms with E-state index in [0.717, 1.165) is 5.56 Å². The molecule has 1 atom stereocenters. The number of nitrogen functional groups attached to an aromatic ring is 1. The Hall–Kier alpha value is -4.09. The molecule has 0 radical (unpaired) electrons. The Kier molecular flexibility index (Phi) is 10.5. The Morgan fingerprint density at radius 3 is 2.33 bits per heavy atom. The van der Waals surface area contributed by atoms with Crippen molar-refractivity contribution in [3.05, 3.63) is 76.0 Å². The average Bonchev–Trinajstić information content (AvgIpc) is 2.86. The van der Waals surface area contributed by atoms with Crippen molar-refractivity contribution in [1.82, 2.24) is 24.7 Å². The van der Waals surface area contributed by atoms with E-state index in [1.165, 1.54) is 10.8 Å². The van der Waals surface area contributed by atoms with Crippen molar-refractivity contribution in [2.75, 3.05) is 11.2 Å². The van der Waals surface area contributed by atoms with Crippen molar-refractivity contribution in [3.8, 4) is 0 Å². The van der Waals surface area contributed by atoms with Crippen LogP contribution in [0.25, 0.3) is 0 Å². The molecule has 0 fully saturated rings. The summed E-state index contributed by atoms with van der Waals surface area (Å²) in [6.07, 6.45) is -3.65. The van der Waals surface area contributed by atoms with Gasteiger partial charge in [0.15, 0.2) is 0 Å². The number of nitrogens with two attached hydrogens (primary N) is 1. The van der Waals surface area contributed by atoms with Crippen LogP contribution in [0.15, 0.2) is 58.4 Å². The maximum atomic E-state index is 12.8. The number of aliphatic carboxylic acids is 1. The third-order valence-electron chi connectivity index (χ3n) is 4.85. The molecule has 210 valence electrons. The zero-order chi connectivity index (χ0) is 29.4. The van der Waals surface area contributed by atoms with Crippen LogP contribution in [0.4, 0.5) is 24.8 Å². The van der Waals surface area contributed by atoms with Gasteiger partial charge in [-0.2, -0.15) is 13.2 Å². The summed E-state index contributed by atoms with van der Waals surface area (Å²) in [6, 6.07) is 11.9. The van der Waals surface area contributed by atoms with Crippen LogP contribution in [0.2, 0.25) is 0 Å². The maximum absolute atomic E-state index is 12.8. The Labute approximate surface area is 225 Å². The summed E-state index contributed by atoms with van der Waals surface area (Å²) in [5.41, 5.74) is 9.64. The van der Waals surface area contributed by atoms with Gasteiger partial charge in [-0.3, -0.25) is 19.6 Å². The van der Waals surface area contributed by atoms with Gasteiger partial charge in [0.25, 0.3) is 5.56 Å². The van der Waals surface area contributed by atoms with Gasteiger partial charge in [-0.05, 0) is 37.6 Å². The zero-order valence-electron chi connectivity index (χ0n) is 20.5. The van der Waals surface area contributed by atoms with Crippen molar-refractivity contribution >= 4 is 43.4 Å². The normalized spacial score (nSPS) is 12.4. The number of aromatic nitrogens is 3. The van der Waals surface area contributed by atoms with Crippen molar-refractivity contribution in [2.24, 2.45) is 0 Å². The molecule has 0 aliphatic heterocycles. The molecule has 3 aromatic rings. The fourth-order valence-corrected chi connectivity index (χ4v) is 4.14. The van der Waals surface area contributed by atoms with Crippen molar-refractivity contribution < 1.29 is 32.1 Å². The Balaban J connectivity index is 0.000000673. The van der Waals surface area contributed by atoms with Crippen LogP contribution in [0.1, 0.15) is 17.0 Å². The minimum atomic E-state index is -5.08. The van der Waals surface area contributed by atoms with E-state index < -0.39 is 26.4 Å². The van der Waals surface area contributed by atoms with E-state index in [-0.39, 0.29) is 24.8 Å². The van der Waals surface area contributed by atoms with Crippen LogP contribution in [-0.2, 0) is 42.5 Å². The van der Waals surface area contributed by atoms with Gasteiger partial charge in [-0.1, -0.05) is 24.3 Å². The molecule has 1 unspecified atom stereocenters. The third-order valence-corrected chi connectivity index (χ3v) is 6.94. The second-order valence-electron chi connectivity index (χ2n) is 7.74. The molecule has 39 heavy (non-hydrogen) atoms. The molecule has 1 amide bonds. The van der Waals surface area contributed by atoms with Crippen LogP contribution in [-0.4, -0.2) is 41.9 Å². The number of carboxylic acid groups (broad SMARTS) is 1. The number of hydrazine groups is 1. The maximum Gasteiger partial charge on any atom is 0.490 e. The molecule has 1 aromatic carbocycles. The third kappa shape index (κ3) is 9.31. The molecule has 0 saturated carbocycles. The van der Waals surface area contributed by atoms with Gasteiger partial charge in [-0.25, -0.2) is 19.0 Å². The summed E-state index contributed by atoms with van der Waals surface area (Å²) < 4.78 is 45.7. The number of pyridine rings is 1. The molecule has 0 saturated heterocycles. The first-order chi connectivity index (χ1) is 18.1. The number of carbonyl (C=O) groups is 2. The lowest BCUT2D eigenvalue weighted by molar-refractivity contribution is -0.192. The van der Waals surface area contributed by atoms with Gasteiger partial charge >= 0.3 is 12.1 Å². The lowest BCUT2D eigenvalue weighted by Gasteiger charge is -2.14.